The topological polar surface area (TPSA) is 30.2 Å². The molecule has 20 heavy (non-hydrogen) atoms. The Labute approximate surface area is 131 Å². The Morgan fingerprint density at radius 2 is 1.85 bits per heavy atom. The van der Waals surface area contributed by atoms with Gasteiger partial charge in [-0.1, -0.05) is 12.1 Å². The molecule has 0 saturated heterocycles. The molecule has 0 spiro atoms. The summed E-state index contributed by atoms with van der Waals surface area (Å²) in [4.78, 5) is 0.542. The molecule has 0 bridgehead atoms. The van der Waals surface area contributed by atoms with Gasteiger partial charge in [-0.25, -0.2) is 4.39 Å². The van der Waals surface area contributed by atoms with Gasteiger partial charge in [-0.15, -0.1) is 0 Å². The Morgan fingerprint density at radius 1 is 1.15 bits per heavy atom. The Balaban J connectivity index is 2.32. The summed E-state index contributed by atoms with van der Waals surface area (Å²) < 4.78 is 32.3. The maximum absolute atomic E-state index is 13.4. The molecule has 0 N–H and O–H groups in total. The van der Waals surface area contributed by atoms with Crippen molar-refractivity contribution in [2.45, 2.75) is 4.90 Å². The summed E-state index contributed by atoms with van der Waals surface area (Å²) in [6.45, 7) is 0. The monoisotopic (exact) mass is 400 g/mol. The third-order valence-electron chi connectivity index (χ3n) is 3.00. The first-order valence-electron chi connectivity index (χ1n) is 5.87. The van der Waals surface area contributed by atoms with Gasteiger partial charge in [-0.2, -0.15) is 0 Å². The molecule has 1 atom stereocenters. The van der Waals surface area contributed by atoms with Crippen LogP contribution in [0.25, 0.3) is 22.3 Å². The largest absolute Gasteiger partial charge is 0.455 e. The van der Waals surface area contributed by atoms with E-state index in [9.17, 15) is 8.60 Å². The second-order valence-corrected chi connectivity index (χ2v) is 6.92. The van der Waals surface area contributed by atoms with Gasteiger partial charge >= 0.3 is 0 Å². The summed E-state index contributed by atoms with van der Waals surface area (Å²) in [6, 6.07) is 12.0. The zero-order chi connectivity index (χ0) is 14.3. The van der Waals surface area contributed by atoms with E-state index in [1.54, 1.807) is 12.3 Å². The first kappa shape index (κ1) is 13.8. The van der Waals surface area contributed by atoms with Crippen molar-refractivity contribution < 1.29 is 13.0 Å². The van der Waals surface area contributed by atoms with Crippen LogP contribution in [0.4, 0.5) is 4.39 Å². The first-order chi connectivity index (χ1) is 9.56. The van der Waals surface area contributed by atoms with Crippen LogP contribution >= 0.6 is 22.6 Å². The maximum atomic E-state index is 13.4. The summed E-state index contributed by atoms with van der Waals surface area (Å²) >= 11 is 2.22. The molecule has 0 unspecified atom stereocenters. The van der Waals surface area contributed by atoms with Crippen LogP contribution < -0.4 is 0 Å². The van der Waals surface area contributed by atoms with E-state index < -0.39 is 10.8 Å². The molecule has 0 aliphatic rings. The predicted octanol–water partition coefficient (Wildman–Crippen LogP) is 4.58. The molecule has 0 fully saturated rings. The van der Waals surface area contributed by atoms with Crippen molar-refractivity contribution >= 4 is 44.4 Å². The second kappa shape index (κ2) is 5.29. The molecule has 102 valence electrons. The van der Waals surface area contributed by atoms with Crippen molar-refractivity contribution in [3.05, 3.63) is 51.9 Å². The van der Waals surface area contributed by atoms with Crippen LogP contribution in [0.5, 0.6) is 0 Å². The van der Waals surface area contributed by atoms with Crippen LogP contribution in [-0.2, 0) is 10.8 Å². The minimum atomic E-state index is -1.26. The van der Waals surface area contributed by atoms with Crippen molar-refractivity contribution in [2.24, 2.45) is 0 Å². The third-order valence-corrected chi connectivity index (χ3v) is 4.70. The molecular weight excluding hydrogens is 390 g/mol. The average molecular weight is 400 g/mol. The molecule has 0 saturated carbocycles. The third kappa shape index (κ3) is 2.40. The first-order valence-corrected chi connectivity index (χ1v) is 8.51. The second-order valence-electron chi connectivity index (χ2n) is 4.36. The van der Waals surface area contributed by atoms with Crippen molar-refractivity contribution in [3.8, 4) is 11.3 Å². The van der Waals surface area contributed by atoms with E-state index in [1.807, 2.05) is 24.3 Å². The minimum absolute atomic E-state index is 0.362. The lowest BCUT2D eigenvalue weighted by atomic mass is 10.1. The SMILES string of the molecule is C[S@@](=O)c1c(-c2ccc(I)cc2)oc2ccc(F)cc12. The zero-order valence-electron chi connectivity index (χ0n) is 10.5. The molecule has 0 radical (unpaired) electrons. The van der Waals surface area contributed by atoms with Crippen molar-refractivity contribution in [2.75, 3.05) is 6.26 Å². The Hall–Kier alpha value is -1.21. The lowest BCUT2D eigenvalue weighted by molar-refractivity contribution is 0.615. The number of benzene rings is 2. The van der Waals surface area contributed by atoms with E-state index >= 15 is 0 Å². The maximum Gasteiger partial charge on any atom is 0.151 e. The quantitative estimate of drug-likeness (QED) is 0.590. The fourth-order valence-corrected chi connectivity index (χ4v) is 3.37. The van der Waals surface area contributed by atoms with Crippen molar-refractivity contribution in [3.63, 3.8) is 0 Å². The van der Waals surface area contributed by atoms with Gasteiger partial charge in [-0.3, -0.25) is 4.21 Å². The number of hydrogen-bond acceptors (Lipinski definition) is 2. The smallest absolute Gasteiger partial charge is 0.151 e. The van der Waals surface area contributed by atoms with Crippen LogP contribution in [0, 0.1) is 9.39 Å². The molecule has 3 aromatic rings. The highest BCUT2D eigenvalue weighted by Gasteiger charge is 2.19. The van der Waals surface area contributed by atoms with Gasteiger partial charge in [0.15, 0.2) is 5.76 Å². The highest BCUT2D eigenvalue weighted by molar-refractivity contribution is 14.1. The minimum Gasteiger partial charge on any atom is -0.455 e. The Kier molecular flexibility index (Phi) is 3.64. The molecule has 0 aliphatic carbocycles. The normalized spacial score (nSPS) is 12.8. The molecule has 2 nitrogen and oxygen atoms in total. The van der Waals surface area contributed by atoms with E-state index in [2.05, 4.69) is 22.6 Å². The molecule has 0 aliphatic heterocycles. The summed E-state index contributed by atoms with van der Waals surface area (Å²) in [5.41, 5.74) is 1.39. The number of furan rings is 1. The van der Waals surface area contributed by atoms with Crippen molar-refractivity contribution in [1.29, 1.82) is 0 Å². The van der Waals surface area contributed by atoms with E-state index in [1.165, 1.54) is 12.1 Å². The van der Waals surface area contributed by atoms with E-state index in [4.69, 9.17) is 4.42 Å². The summed E-state index contributed by atoms with van der Waals surface area (Å²) in [5, 5.41) is 0.569. The molecular formula is C15H10FIO2S. The molecule has 0 amide bonds. The molecule has 5 heteroatoms. The molecule has 1 aromatic heterocycles. The lowest BCUT2D eigenvalue weighted by Gasteiger charge is -2.00. The van der Waals surface area contributed by atoms with Crippen LogP contribution in [0.2, 0.25) is 0 Å². The van der Waals surface area contributed by atoms with Gasteiger partial charge in [0.2, 0.25) is 0 Å². The fraction of sp³-hybridized carbons (Fsp3) is 0.0667. The van der Waals surface area contributed by atoms with Gasteiger partial charge in [-0.05, 0) is 52.9 Å². The Morgan fingerprint density at radius 3 is 2.50 bits per heavy atom. The lowest BCUT2D eigenvalue weighted by Crippen LogP contribution is -1.89. The fourth-order valence-electron chi connectivity index (χ4n) is 2.12. The van der Waals surface area contributed by atoms with Crippen LogP contribution in [0.3, 0.4) is 0 Å². The van der Waals surface area contributed by atoms with Gasteiger partial charge in [0.1, 0.15) is 11.4 Å². The van der Waals surface area contributed by atoms with Gasteiger partial charge < -0.3 is 4.42 Å². The average Bonchev–Trinajstić information content (AvgIpc) is 2.78. The summed E-state index contributed by atoms with van der Waals surface area (Å²) in [7, 11) is -1.26. The van der Waals surface area contributed by atoms with E-state index in [0.717, 1.165) is 9.13 Å². The zero-order valence-corrected chi connectivity index (χ0v) is 13.5. The number of fused-ring (bicyclic) bond motifs is 1. The predicted molar refractivity (Wildman–Crippen MR) is 86.7 cm³/mol. The van der Waals surface area contributed by atoms with E-state index in [0.29, 0.717) is 21.6 Å². The highest BCUT2D eigenvalue weighted by atomic mass is 127. The van der Waals surface area contributed by atoms with Gasteiger partial charge in [0.05, 0.1) is 15.7 Å². The van der Waals surface area contributed by atoms with Crippen molar-refractivity contribution in [1.82, 2.24) is 0 Å². The molecule has 3 rings (SSSR count). The van der Waals surface area contributed by atoms with Crippen LogP contribution in [-0.4, -0.2) is 10.5 Å². The Bertz CT molecular complexity index is 809. The highest BCUT2D eigenvalue weighted by Crippen LogP contribution is 2.36. The van der Waals surface area contributed by atoms with Crippen LogP contribution in [0.15, 0.2) is 51.8 Å². The molecule has 2 aromatic carbocycles. The van der Waals surface area contributed by atoms with Gasteiger partial charge in [0.25, 0.3) is 0 Å². The standard InChI is InChI=1S/C15H10FIO2S/c1-20(18)15-12-8-10(16)4-7-13(12)19-14(15)9-2-5-11(17)6-3-9/h2-8H,1H3/t20-/m1/s1. The number of rotatable bonds is 2. The van der Waals surface area contributed by atoms with Gasteiger partial charge in [0, 0.05) is 20.8 Å². The van der Waals surface area contributed by atoms with Crippen LogP contribution in [0.1, 0.15) is 0 Å². The van der Waals surface area contributed by atoms with E-state index in [-0.39, 0.29) is 5.82 Å². The number of halogens is 2. The molecule has 1 heterocycles. The number of hydrogen-bond donors (Lipinski definition) is 0. The summed E-state index contributed by atoms with van der Waals surface area (Å²) in [5.74, 6) is 0.182. The summed E-state index contributed by atoms with van der Waals surface area (Å²) in [6.07, 6.45) is 1.57.